The number of rotatable bonds is 4. The van der Waals surface area contributed by atoms with Crippen molar-refractivity contribution < 1.29 is 37.0 Å². The maximum Gasteiger partial charge on any atom is 0.416 e. The Morgan fingerprint density at radius 1 is 1.05 bits per heavy atom. The molecule has 0 radical (unpaired) electrons. The third kappa shape index (κ3) is 6.52. The molecule has 210 valence electrons. The number of anilines is 1. The van der Waals surface area contributed by atoms with Crippen LogP contribution in [0, 0.1) is 5.41 Å². The molecule has 1 fully saturated rings. The zero-order valence-electron chi connectivity index (χ0n) is 22.2. The summed E-state index contributed by atoms with van der Waals surface area (Å²) in [5, 5.41) is 5.55. The van der Waals surface area contributed by atoms with E-state index < -0.39 is 29.2 Å². The number of likely N-dealkylation sites (N-methyl/N-ethyl adjacent to an activating group) is 1. The summed E-state index contributed by atoms with van der Waals surface area (Å²) >= 11 is 0. The largest absolute Gasteiger partial charge is 0.490 e. The lowest BCUT2D eigenvalue weighted by Crippen LogP contribution is -2.55. The number of halogens is 3. The molecule has 0 spiro atoms. The van der Waals surface area contributed by atoms with E-state index in [1.165, 1.54) is 6.07 Å². The predicted octanol–water partition coefficient (Wildman–Crippen LogP) is 4.50. The van der Waals surface area contributed by atoms with Gasteiger partial charge in [0.2, 0.25) is 5.91 Å². The Morgan fingerprint density at radius 3 is 2.38 bits per heavy atom. The maximum absolute atomic E-state index is 13.4. The van der Waals surface area contributed by atoms with E-state index in [1.54, 1.807) is 24.1 Å². The van der Waals surface area contributed by atoms with Gasteiger partial charge in [0.25, 0.3) is 11.8 Å². The molecule has 0 aliphatic carbocycles. The summed E-state index contributed by atoms with van der Waals surface area (Å²) in [7, 11) is 1.69. The average Bonchev–Trinajstić information content (AvgIpc) is 2.88. The lowest BCUT2D eigenvalue weighted by atomic mass is 9.94. The normalized spacial score (nSPS) is 21.6. The van der Waals surface area contributed by atoms with Gasteiger partial charge in [-0.25, -0.2) is 0 Å². The number of carbonyl (C=O) groups is 3. The number of nitrogens with zero attached hydrogens (tertiary/aromatic N) is 1. The van der Waals surface area contributed by atoms with Crippen LogP contribution in [0.15, 0.2) is 42.5 Å². The van der Waals surface area contributed by atoms with Gasteiger partial charge in [0.05, 0.1) is 23.3 Å². The minimum Gasteiger partial charge on any atom is -0.490 e. The van der Waals surface area contributed by atoms with Crippen molar-refractivity contribution in [2.45, 2.75) is 58.0 Å². The molecular weight excluding hydrogens is 515 g/mol. The van der Waals surface area contributed by atoms with E-state index in [0.29, 0.717) is 30.8 Å². The Bertz CT molecular complexity index is 1240. The second-order valence-electron chi connectivity index (χ2n) is 10.9. The molecule has 2 aromatic rings. The second kappa shape index (κ2) is 10.9. The fourth-order valence-electron chi connectivity index (χ4n) is 4.59. The van der Waals surface area contributed by atoms with Crippen molar-refractivity contribution in [3.05, 3.63) is 59.2 Å². The van der Waals surface area contributed by atoms with Crippen LogP contribution < -0.4 is 15.4 Å². The molecule has 2 aliphatic heterocycles. The van der Waals surface area contributed by atoms with Crippen molar-refractivity contribution in [2.75, 3.05) is 25.5 Å². The van der Waals surface area contributed by atoms with E-state index in [2.05, 4.69) is 10.6 Å². The number of ether oxygens (including phenoxy) is 2. The molecule has 3 atom stereocenters. The van der Waals surface area contributed by atoms with Crippen LogP contribution in [0.4, 0.5) is 18.9 Å². The number of benzene rings is 2. The molecule has 39 heavy (non-hydrogen) atoms. The van der Waals surface area contributed by atoms with E-state index in [4.69, 9.17) is 9.47 Å². The first-order chi connectivity index (χ1) is 18.2. The Hall–Kier alpha value is -3.60. The number of hydrogen-bond acceptors (Lipinski definition) is 5. The van der Waals surface area contributed by atoms with Crippen LogP contribution in [-0.4, -0.2) is 61.1 Å². The highest BCUT2D eigenvalue weighted by Gasteiger charge is 2.39. The topological polar surface area (TPSA) is 97.0 Å². The lowest BCUT2D eigenvalue weighted by Gasteiger charge is -2.42. The number of nitrogens with one attached hydrogen (secondary N) is 2. The van der Waals surface area contributed by atoms with Crippen molar-refractivity contribution in [1.29, 1.82) is 0 Å². The molecule has 0 unspecified atom stereocenters. The van der Waals surface area contributed by atoms with Crippen LogP contribution in [-0.2, 0) is 15.7 Å². The Kier molecular flexibility index (Phi) is 7.92. The summed E-state index contributed by atoms with van der Waals surface area (Å²) in [6.07, 6.45) is -3.78. The fraction of sp³-hybridized carbons (Fsp3) is 0.464. The number of amides is 3. The summed E-state index contributed by atoms with van der Waals surface area (Å²) in [4.78, 5) is 39.9. The molecule has 0 bridgehead atoms. The Labute approximate surface area is 224 Å². The molecule has 11 heteroatoms. The molecule has 8 nitrogen and oxygen atoms in total. The smallest absolute Gasteiger partial charge is 0.416 e. The van der Waals surface area contributed by atoms with Gasteiger partial charge in [0.15, 0.2) is 0 Å². The van der Waals surface area contributed by atoms with Crippen LogP contribution in [0.3, 0.4) is 0 Å². The highest BCUT2D eigenvalue weighted by molar-refractivity contribution is 6.05. The minimum atomic E-state index is -4.50. The van der Waals surface area contributed by atoms with Crippen molar-refractivity contribution in [1.82, 2.24) is 10.2 Å². The van der Waals surface area contributed by atoms with Crippen LogP contribution in [0.2, 0.25) is 0 Å². The van der Waals surface area contributed by atoms with Crippen LogP contribution in [0.25, 0.3) is 0 Å². The molecule has 2 aromatic carbocycles. The van der Waals surface area contributed by atoms with E-state index >= 15 is 0 Å². The van der Waals surface area contributed by atoms with Gasteiger partial charge in [0.1, 0.15) is 18.5 Å². The number of hydrogen-bond donors (Lipinski definition) is 2. The van der Waals surface area contributed by atoms with Crippen molar-refractivity contribution in [3.8, 4) is 5.75 Å². The molecule has 1 saturated heterocycles. The molecule has 2 heterocycles. The van der Waals surface area contributed by atoms with Crippen molar-refractivity contribution in [2.24, 2.45) is 5.41 Å². The molecule has 3 amide bonds. The third-order valence-corrected chi connectivity index (χ3v) is 6.92. The predicted molar refractivity (Wildman–Crippen MR) is 138 cm³/mol. The van der Waals surface area contributed by atoms with Gasteiger partial charge < -0.3 is 25.0 Å². The average molecular weight is 548 g/mol. The minimum absolute atomic E-state index is 0.0462. The molecule has 2 N–H and O–H groups in total. The Morgan fingerprint density at radius 2 is 1.74 bits per heavy atom. The summed E-state index contributed by atoms with van der Waals surface area (Å²) in [6, 6.07) is 8.24. The van der Waals surface area contributed by atoms with Crippen LogP contribution in [0.5, 0.6) is 5.75 Å². The van der Waals surface area contributed by atoms with Crippen LogP contribution in [0.1, 0.15) is 59.9 Å². The second-order valence-corrected chi connectivity index (χ2v) is 10.9. The van der Waals surface area contributed by atoms with Crippen molar-refractivity contribution >= 4 is 23.4 Å². The molecule has 0 saturated carbocycles. The number of carbonyl (C=O) groups excluding carboxylic acids is 3. The van der Waals surface area contributed by atoms with E-state index in [1.807, 2.05) is 20.8 Å². The summed E-state index contributed by atoms with van der Waals surface area (Å²) < 4.78 is 50.6. The summed E-state index contributed by atoms with van der Waals surface area (Å²) in [6.45, 7) is 6.08. The summed E-state index contributed by atoms with van der Waals surface area (Å²) in [5.41, 5.74) is -0.759. The van der Waals surface area contributed by atoms with Gasteiger partial charge in [-0.3, -0.25) is 14.4 Å². The van der Waals surface area contributed by atoms with E-state index in [0.717, 1.165) is 24.3 Å². The molecule has 0 aromatic heterocycles. The lowest BCUT2D eigenvalue weighted by molar-refractivity contribution is -0.137. The van der Waals surface area contributed by atoms with Crippen molar-refractivity contribution in [3.63, 3.8) is 0 Å². The first-order valence-corrected chi connectivity index (χ1v) is 12.7. The highest BCUT2D eigenvalue weighted by atomic mass is 19.4. The number of fused-ring (bicyclic) bond motifs is 2. The van der Waals surface area contributed by atoms with Gasteiger partial charge in [-0.2, -0.15) is 13.2 Å². The Balaban J connectivity index is 1.44. The van der Waals surface area contributed by atoms with Gasteiger partial charge in [-0.1, -0.05) is 20.8 Å². The molecule has 4 rings (SSSR count). The van der Waals surface area contributed by atoms with Gasteiger partial charge in [0, 0.05) is 30.3 Å². The standard InChI is InChI=1S/C28H32F3N3O5/c1-27(2,3)26(37)32-14-19-10-11-21-23(39-19)15-38-22-12-9-18(13-20(22)25(36)34(21)4)33-24(35)16-5-7-17(8-6-16)28(29,30)31/h5-9,12-13,19,21,23H,10-11,14-15H2,1-4H3,(H,32,37)(H,33,35)/t19-,21-,23-/m0/s1. The third-order valence-electron chi connectivity index (χ3n) is 6.92. The maximum atomic E-state index is 13.4. The number of alkyl halides is 3. The van der Waals surface area contributed by atoms with Gasteiger partial charge in [-0.15, -0.1) is 0 Å². The highest BCUT2D eigenvalue weighted by Crippen LogP contribution is 2.32. The fourth-order valence-corrected chi connectivity index (χ4v) is 4.59. The van der Waals surface area contributed by atoms with Crippen LogP contribution >= 0.6 is 0 Å². The summed E-state index contributed by atoms with van der Waals surface area (Å²) in [5.74, 6) is -0.663. The quantitative estimate of drug-likeness (QED) is 0.588. The van der Waals surface area contributed by atoms with E-state index in [9.17, 15) is 27.6 Å². The van der Waals surface area contributed by atoms with E-state index in [-0.39, 0.29) is 41.7 Å². The zero-order chi connectivity index (χ0) is 28.5. The SMILES string of the molecule is CN1C(=O)c2cc(NC(=O)c3ccc(C(F)(F)F)cc3)ccc2OC[C@@H]2O[C@H](CNC(=O)C(C)(C)C)CC[C@@H]21. The van der Waals surface area contributed by atoms with Gasteiger partial charge in [-0.05, 0) is 55.3 Å². The molecular formula is C28H32F3N3O5. The monoisotopic (exact) mass is 547 g/mol. The first kappa shape index (κ1) is 28.4. The van der Waals surface area contributed by atoms with Gasteiger partial charge >= 0.3 is 6.18 Å². The molecule has 2 aliphatic rings. The first-order valence-electron chi connectivity index (χ1n) is 12.7. The zero-order valence-corrected chi connectivity index (χ0v) is 22.2.